The quantitative estimate of drug-likeness (QED) is 0.685. The lowest BCUT2D eigenvalue weighted by Gasteiger charge is -2.24. The van der Waals surface area contributed by atoms with E-state index in [2.05, 4.69) is 4.72 Å². The third kappa shape index (κ3) is 4.99. The Balaban J connectivity index is 4.64. The standard InChI is InChI=1S/C9H20N2O2S3/c1-5-7(8(10)14)16(12,13)11-6-9(2,3)15-4/h7,11H,5-6H2,1-4H3,(H2,10,14). The zero-order chi connectivity index (χ0) is 13.0. The predicted molar refractivity (Wildman–Crippen MR) is 75.4 cm³/mol. The van der Waals surface area contributed by atoms with Gasteiger partial charge in [0.25, 0.3) is 0 Å². The van der Waals surface area contributed by atoms with Gasteiger partial charge in [0, 0.05) is 11.3 Å². The molecule has 0 aromatic rings. The molecule has 0 radical (unpaired) electrons. The topological polar surface area (TPSA) is 72.2 Å². The van der Waals surface area contributed by atoms with Gasteiger partial charge in [0.15, 0.2) is 0 Å². The van der Waals surface area contributed by atoms with Gasteiger partial charge in [0.1, 0.15) is 5.25 Å². The zero-order valence-electron chi connectivity index (χ0n) is 10.1. The van der Waals surface area contributed by atoms with Crippen molar-refractivity contribution in [3.63, 3.8) is 0 Å². The molecule has 3 N–H and O–H groups in total. The van der Waals surface area contributed by atoms with Crippen LogP contribution < -0.4 is 10.5 Å². The fourth-order valence-electron chi connectivity index (χ4n) is 1.02. The molecule has 0 saturated carbocycles. The summed E-state index contributed by atoms with van der Waals surface area (Å²) in [5.74, 6) is 0. The Bertz CT molecular complexity index is 339. The molecule has 1 unspecified atom stereocenters. The summed E-state index contributed by atoms with van der Waals surface area (Å²) in [4.78, 5) is 0.0250. The Hall–Kier alpha value is 0.150. The second kappa shape index (κ2) is 6.18. The SMILES string of the molecule is CCC(C(N)=S)S(=O)(=O)NCC(C)(C)SC. The molecule has 0 aliphatic heterocycles. The largest absolute Gasteiger partial charge is 0.392 e. The van der Waals surface area contributed by atoms with Crippen LogP contribution in [0.4, 0.5) is 0 Å². The Kier molecular flexibility index (Phi) is 6.24. The van der Waals surface area contributed by atoms with Crippen LogP contribution in [0.2, 0.25) is 0 Å². The zero-order valence-corrected chi connectivity index (χ0v) is 12.6. The van der Waals surface area contributed by atoms with Crippen molar-refractivity contribution >= 4 is 39.0 Å². The van der Waals surface area contributed by atoms with Gasteiger partial charge in [0.2, 0.25) is 10.0 Å². The smallest absolute Gasteiger partial charge is 0.221 e. The highest BCUT2D eigenvalue weighted by atomic mass is 32.2. The monoisotopic (exact) mass is 284 g/mol. The van der Waals surface area contributed by atoms with Crippen molar-refractivity contribution in [1.82, 2.24) is 4.72 Å². The molecule has 0 fully saturated rings. The number of thioether (sulfide) groups is 1. The molecule has 0 bridgehead atoms. The maximum absolute atomic E-state index is 11.9. The number of thiocarbonyl (C=S) groups is 1. The van der Waals surface area contributed by atoms with Gasteiger partial charge >= 0.3 is 0 Å². The van der Waals surface area contributed by atoms with Crippen molar-refractivity contribution in [2.75, 3.05) is 12.8 Å². The summed E-state index contributed by atoms with van der Waals surface area (Å²) in [7, 11) is -3.44. The Labute approximate surface area is 108 Å². The van der Waals surface area contributed by atoms with E-state index in [0.29, 0.717) is 13.0 Å². The Morgan fingerprint density at radius 1 is 1.56 bits per heavy atom. The fourth-order valence-corrected chi connectivity index (χ4v) is 3.38. The highest BCUT2D eigenvalue weighted by molar-refractivity contribution is 8.00. The van der Waals surface area contributed by atoms with Crippen molar-refractivity contribution in [1.29, 1.82) is 0 Å². The molecule has 4 nitrogen and oxygen atoms in total. The van der Waals surface area contributed by atoms with Gasteiger partial charge < -0.3 is 5.73 Å². The Morgan fingerprint density at radius 3 is 2.38 bits per heavy atom. The molecule has 0 saturated heterocycles. The van der Waals surface area contributed by atoms with Gasteiger partial charge in [-0.05, 0) is 26.5 Å². The summed E-state index contributed by atoms with van der Waals surface area (Å²) in [5, 5.41) is -0.778. The van der Waals surface area contributed by atoms with Crippen LogP contribution in [0.25, 0.3) is 0 Å². The minimum absolute atomic E-state index is 0.0250. The van der Waals surface area contributed by atoms with Crippen LogP contribution in [0.5, 0.6) is 0 Å². The molecule has 96 valence electrons. The van der Waals surface area contributed by atoms with Gasteiger partial charge in [-0.1, -0.05) is 19.1 Å². The van der Waals surface area contributed by atoms with E-state index in [1.807, 2.05) is 20.1 Å². The first-order valence-electron chi connectivity index (χ1n) is 4.99. The van der Waals surface area contributed by atoms with Crippen LogP contribution in [0.3, 0.4) is 0 Å². The summed E-state index contributed by atoms with van der Waals surface area (Å²) < 4.78 is 26.2. The van der Waals surface area contributed by atoms with Crippen LogP contribution in [0.15, 0.2) is 0 Å². The number of sulfonamides is 1. The Morgan fingerprint density at radius 2 is 2.06 bits per heavy atom. The number of rotatable bonds is 7. The van der Waals surface area contributed by atoms with Crippen molar-refractivity contribution in [3.05, 3.63) is 0 Å². The first-order valence-corrected chi connectivity index (χ1v) is 8.17. The van der Waals surface area contributed by atoms with Gasteiger partial charge in [-0.15, -0.1) is 0 Å². The summed E-state index contributed by atoms with van der Waals surface area (Å²) in [6.45, 7) is 6.07. The molecule has 0 aliphatic rings. The lowest BCUT2D eigenvalue weighted by molar-refractivity contribution is 0.564. The summed E-state index contributed by atoms with van der Waals surface area (Å²) >= 11 is 6.36. The third-order valence-corrected chi connectivity index (χ3v) is 5.88. The molecule has 0 amide bonds. The minimum Gasteiger partial charge on any atom is -0.392 e. The molecule has 0 aromatic carbocycles. The molecular weight excluding hydrogens is 264 g/mol. The minimum atomic E-state index is -3.44. The van der Waals surface area contributed by atoms with Crippen LogP contribution in [0.1, 0.15) is 27.2 Å². The van der Waals surface area contributed by atoms with Crippen molar-refractivity contribution in [2.24, 2.45) is 5.73 Å². The predicted octanol–water partition coefficient (Wildman–Crippen LogP) is 1.11. The van der Waals surface area contributed by atoms with Crippen LogP contribution in [-0.4, -0.2) is 36.2 Å². The molecule has 7 heteroatoms. The van der Waals surface area contributed by atoms with Gasteiger partial charge in [0.05, 0.1) is 4.99 Å². The van der Waals surface area contributed by atoms with E-state index in [0.717, 1.165) is 0 Å². The fraction of sp³-hybridized carbons (Fsp3) is 0.889. The van der Waals surface area contributed by atoms with Crippen molar-refractivity contribution < 1.29 is 8.42 Å². The molecular formula is C9H20N2O2S3. The molecule has 0 spiro atoms. The first kappa shape index (κ1) is 16.1. The maximum atomic E-state index is 11.9. The normalized spacial score (nSPS) is 14.8. The number of nitrogens with one attached hydrogen (secondary N) is 1. The average molecular weight is 284 g/mol. The summed E-state index contributed by atoms with van der Waals surface area (Å²) in [5.41, 5.74) is 5.41. The lowest BCUT2D eigenvalue weighted by atomic mass is 10.2. The highest BCUT2D eigenvalue weighted by Crippen LogP contribution is 2.20. The molecule has 16 heavy (non-hydrogen) atoms. The number of hydrogen-bond acceptors (Lipinski definition) is 4. The molecule has 0 aromatic heterocycles. The van der Waals surface area contributed by atoms with Crippen molar-refractivity contribution in [3.8, 4) is 0 Å². The van der Waals surface area contributed by atoms with Crippen LogP contribution in [0, 0.1) is 0 Å². The van der Waals surface area contributed by atoms with E-state index in [1.165, 1.54) is 0 Å². The van der Waals surface area contributed by atoms with Crippen LogP contribution in [-0.2, 0) is 10.0 Å². The first-order chi connectivity index (χ1) is 7.16. The van der Waals surface area contributed by atoms with Crippen LogP contribution >= 0.6 is 24.0 Å². The maximum Gasteiger partial charge on any atom is 0.221 e. The van der Waals surface area contributed by atoms with E-state index >= 15 is 0 Å². The number of hydrogen-bond donors (Lipinski definition) is 2. The molecule has 1 atom stereocenters. The van der Waals surface area contributed by atoms with E-state index < -0.39 is 15.3 Å². The molecule has 0 rings (SSSR count). The lowest BCUT2D eigenvalue weighted by Crippen LogP contribution is -2.45. The van der Waals surface area contributed by atoms with Gasteiger partial charge in [-0.2, -0.15) is 11.8 Å². The second-order valence-corrected chi connectivity index (χ2v) is 8.06. The summed E-state index contributed by atoms with van der Waals surface area (Å²) in [6.07, 6.45) is 2.34. The van der Waals surface area contributed by atoms with E-state index in [9.17, 15) is 8.42 Å². The van der Waals surface area contributed by atoms with Crippen molar-refractivity contribution in [2.45, 2.75) is 37.2 Å². The third-order valence-electron chi connectivity index (χ3n) is 2.31. The van der Waals surface area contributed by atoms with E-state index in [4.69, 9.17) is 18.0 Å². The second-order valence-electron chi connectivity index (χ2n) is 4.13. The average Bonchev–Trinajstić information content (AvgIpc) is 2.15. The highest BCUT2D eigenvalue weighted by Gasteiger charge is 2.28. The number of nitrogens with two attached hydrogens (primary N) is 1. The van der Waals surface area contributed by atoms with Gasteiger partial charge in [-0.3, -0.25) is 0 Å². The molecule has 0 heterocycles. The van der Waals surface area contributed by atoms with Gasteiger partial charge in [-0.25, -0.2) is 13.1 Å². The molecule has 0 aliphatic carbocycles. The van der Waals surface area contributed by atoms with E-state index in [1.54, 1.807) is 18.7 Å². The summed E-state index contributed by atoms with van der Waals surface area (Å²) in [6, 6.07) is 0. The van der Waals surface area contributed by atoms with E-state index in [-0.39, 0.29) is 9.74 Å².